The number of carbonyl (C=O) groups excluding carboxylic acids is 1. The maximum atomic E-state index is 12.3. The minimum atomic E-state index is -0.190. The summed E-state index contributed by atoms with van der Waals surface area (Å²) in [6.45, 7) is 1.96. The van der Waals surface area contributed by atoms with Crippen molar-refractivity contribution in [3.8, 4) is 16.9 Å². The number of aromatic nitrogens is 1. The molecule has 0 aliphatic heterocycles. The first-order valence-corrected chi connectivity index (χ1v) is 8.85. The van der Waals surface area contributed by atoms with E-state index in [9.17, 15) is 4.79 Å². The van der Waals surface area contributed by atoms with E-state index in [1.54, 1.807) is 0 Å². The second-order valence-electron chi connectivity index (χ2n) is 6.45. The largest absolute Gasteiger partial charge is 0.483 e. The molecule has 0 fully saturated rings. The number of aromatic amines is 1. The van der Waals surface area contributed by atoms with Crippen LogP contribution in [0.5, 0.6) is 5.75 Å². The van der Waals surface area contributed by atoms with Crippen LogP contribution in [0, 0.1) is 6.92 Å². The van der Waals surface area contributed by atoms with Crippen molar-refractivity contribution in [2.75, 3.05) is 11.9 Å². The lowest BCUT2D eigenvalue weighted by molar-refractivity contribution is -0.118. The molecule has 1 amide bonds. The van der Waals surface area contributed by atoms with E-state index in [-0.39, 0.29) is 12.5 Å². The summed E-state index contributed by atoms with van der Waals surface area (Å²) in [5.41, 5.74) is 4.93. The molecule has 1 aromatic heterocycles. The Labute approximate surface area is 157 Å². The molecule has 0 aliphatic rings. The highest BCUT2D eigenvalue weighted by atomic mass is 16.5. The molecule has 1 heterocycles. The van der Waals surface area contributed by atoms with Gasteiger partial charge in [-0.15, -0.1) is 0 Å². The van der Waals surface area contributed by atoms with Crippen molar-refractivity contribution in [2.45, 2.75) is 6.92 Å². The summed E-state index contributed by atoms with van der Waals surface area (Å²) >= 11 is 0. The van der Waals surface area contributed by atoms with Gasteiger partial charge >= 0.3 is 0 Å². The number of para-hydroxylation sites is 1. The number of carbonyl (C=O) groups is 1. The van der Waals surface area contributed by atoms with E-state index in [1.165, 1.54) is 0 Å². The minimum absolute atomic E-state index is 0.0476. The molecule has 27 heavy (non-hydrogen) atoms. The normalized spacial score (nSPS) is 10.7. The smallest absolute Gasteiger partial charge is 0.262 e. The van der Waals surface area contributed by atoms with Crippen LogP contribution in [0.2, 0.25) is 0 Å². The van der Waals surface area contributed by atoms with Crippen LogP contribution in [0.4, 0.5) is 5.69 Å². The third-order valence-corrected chi connectivity index (χ3v) is 4.37. The Morgan fingerprint density at radius 2 is 1.74 bits per heavy atom. The number of rotatable bonds is 5. The van der Waals surface area contributed by atoms with Gasteiger partial charge in [-0.3, -0.25) is 4.79 Å². The molecule has 4 rings (SSSR count). The molecule has 2 N–H and O–H groups in total. The van der Waals surface area contributed by atoms with Crippen LogP contribution in [-0.2, 0) is 4.79 Å². The molecular weight excluding hydrogens is 336 g/mol. The first kappa shape index (κ1) is 16.9. The lowest BCUT2D eigenvalue weighted by Crippen LogP contribution is -2.20. The predicted octanol–water partition coefficient (Wildman–Crippen LogP) is 5.16. The number of anilines is 1. The Balaban J connectivity index is 1.45. The number of amides is 1. The summed E-state index contributed by atoms with van der Waals surface area (Å²) < 4.78 is 5.80. The van der Waals surface area contributed by atoms with Gasteiger partial charge in [0.2, 0.25) is 0 Å². The summed E-state index contributed by atoms with van der Waals surface area (Å²) in [7, 11) is 0. The van der Waals surface area contributed by atoms with E-state index >= 15 is 0 Å². The molecule has 0 saturated heterocycles. The van der Waals surface area contributed by atoms with Crippen molar-refractivity contribution in [2.24, 2.45) is 0 Å². The summed E-state index contributed by atoms with van der Waals surface area (Å²) in [6.07, 6.45) is 0. The fourth-order valence-corrected chi connectivity index (χ4v) is 3.14. The highest BCUT2D eigenvalue weighted by molar-refractivity contribution is 5.94. The average Bonchev–Trinajstić information content (AvgIpc) is 3.06. The van der Waals surface area contributed by atoms with Crippen molar-refractivity contribution in [1.82, 2.24) is 4.98 Å². The van der Waals surface area contributed by atoms with Crippen molar-refractivity contribution < 1.29 is 9.53 Å². The number of ether oxygens (including phenoxy) is 1. The Morgan fingerprint density at radius 3 is 2.59 bits per heavy atom. The van der Waals surface area contributed by atoms with E-state index in [0.717, 1.165) is 33.4 Å². The van der Waals surface area contributed by atoms with Gasteiger partial charge in [0.05, 0.1) is 0 Å². The minimum Gasteiger partial charge on any atom is -0.483 e. The molecular formula is C23H20N2O2. The summed E-state index contributed by atoms with van der Waals surface area (Å²) in [5.74, 6) is 0.500. The molecule has 0 saturated carbocycles. The average molecular weight is 356 g/mol. The van der Waals surface area contributed by atoms with E-state index in [1.807, 2.05) is 79.7 Å². The number of hydrogen-bond acceptors (Lipinski definition) is 2. The van der Waals surface area contributed by atoms with Crippen LogP contribution in [-0.4, -0.2) is 17.5 Å². The number of H-pyrrole nitrogens is 1. The number of hydrogen-bond donors (Lipinski definition) is 2. The predicted molar refractivity (Wildman–Crippen MR) is 109 cm³/mol. The molecule has 0 radical (unpaired) electrons. The van der Waals surface area contributed by atoms with Crippen LogP contribution in [0.3, 0.4) is 0 Å². The van der Waals surface area contributed by atoms with Crippen LogP contribution in [0.15, 0.2) is 78.9 Å². The van der Waals surface area contributed by atoms with Gasteiger partial charge in [0.15, 0.2) is 6.61 Å². The fourth-order valence-electron chi connectivity index (χ4n) is 3.14. The van der Waals surface area contributed by atoms with Gasteiger partial charge in [0, 0.05) is 27.8 Å². The van der Waals surface area contributed by atoms with Gasteiger partial charge in [0.25, 0.3) is 5.91 Å². The molecule has 134 valence electrons. The van der Waals surface area contributed by atoms with Crippen LogP contribution >= 0.6 is 0 Å². The maximum absolute atomic E-state index is 12.3. The monoisotopic (exact) mass is 356 g/mol. The van der Waals surface area contributed by atoms with E-state index in [4.69, 9.17) is 4.74 Å². The number of fused-ring (bicyclic) bond motifs is 1. The summed E-state index contributed by atoms with van der Waals surface area (Å²) in [5, 5.41) is 3.97. The Kier molecular flexibility index (Phi) is 4.62. The molecule has 3 aromatic carbocycles. The van der Waals surface area contributed by atoms with Crippen LogP contribution in [0.25, 0.3) is 22.0 Å². The van der Waals surface area contributed by atoms with E-state index in [0.29, 0.717) is 5.75 Å². The second kappa shape index (κ2) is 7.38. The Morgan fingerprint density at radius 1 is 0.963 bits per heavy atom. The Bertz CT molecular complexity index is 1080. The zero-order valence-electron chi connectivity index (χ0n) is 15.0. The standard InChI is InChI=1S/C23H20N2O2/c1-16-13-18-14-19(11-12-21(18)24-16)25-23(26)15-27-22-10-6-5-9-20(22)17-7-3-2-4-8-17/h2-14,24H,15H2,1H3,(H,25,26). The van der Waals surface area contributed by atoms with Gasteiger partial charge in [-0.2, -0.15) is 0 Å². The molecule has 0 bridgehead atoms. The first-order chi connectivity index (χ1) is 13.2. The topological polar surface area (TPSA) is 54.1 Å². The van der Waals surface area contributed by atoms with Gasteiger partial charge in [-0.1, -0.05) is 48.5 Å². The molecule has 0 aliphatic carbocycles. The Hall–Kier alpha value is -3.53. The zero-order valence-corrected chi connectivity index (χ0v) is 15.0. The third-order valence-electron chi connectivity index (χ3n) is 4.37. The van der Waals surface area contributed by atoms with E-state index < -0.39 is 0 Å². The highest BCUT2D eigenvalue weighted by Crippen LogP contribution is 2.29. The number of benzene rings is 3. The van der Waals surface area contributed by atoms with Gasteiger partial charge < -0.3 is 15.0 Å². The lowest BCUT2D eigenvalue weighted by Gasteiger charge is -2.12. The molecule has 4 nitrogen and oxygen atoms in total. The molecule has 0 unspecified atom stereocenters. The summed E-state index contributed by atoms with van der Waals surface area (Å²) in [4.78, 5) is 15.6. The van der Waals surface area contributed by atoms with Gasteiger partial charge in [0.1, 0.15) is 5.75 Å². The van der Waals surface area contributed by atoms with Crippen LogP contribution in [0.1, 0.15) is 5.69 Å². The van der Waals surface area contributed by atoms with Crippen molar-refractivity contribution >= 4 is 22.5 Å². The third kappa shape index (κ3) is 3.85. The zero-order chi connectivity index (χ0) is 18.6. The van der Waals surface area contributed by atoms with Gasteiger partial charge in [-0.25, -0.2) is 0 Å². The number of aryl methyl sites for hydroxylation is 1. The highest BCUT2D eigenvalue weighted by Gasteiger charge is 2.09. The van der Waals surface area contributed by atoms with Crippen LogP contribution < -0.4 is 10.1 Å². The number of nitrogens with one attached hydrogen (secondary N) is 2. The van der Waals surface area contributed by atoms with Crippen molar-refractivity contribution in [3.63, 3.8) is 0 Å². The summed E-state index contributed by atoms with van der Waals surface area (Å²) in [6, 6.07) is 25.6. The van der Waals surface area contributed by atoms with E-state index in [2.05, 4.69) is 16.4 Å². The molecule has 4 heteroatoms. The lowest BCUT2D eigenvalue weighted by atomic mass is 10.1. The van der Waals surface area contributed by atoms with Gasteiger partial charge in [-0.05, 0) is 42.8 Å². The fraction of sp³-hybridized carbons (Fsp3) is 0.0870. The maximum Gasteiger partial charge on any atom is 0.262 e. The second-order valence-corrected chi connectivity index (χ2v) is 6.45. The SMILES string of the molecule is Cc1cc2cc(NC(=O)COc3ccccc3-c3ccccc3)ccc2[nH]1. The van der Waals surface area contributed by atoms with Crippen molar-refractivity contribution in [1.29, 1.82) is 0 Å². The molecule has 0 atom stereocenters. The van der Waals surface area contributed by atoms with Crippen molar-refractivity contribution in [3.05, 3.63) is 84.6 Å². The first-order valence-electron chi connectivity index (χ1n) is 8.85. The quantitative estimate of drug-likeness (QED) is 0.519. The molecule has 0 spiro atoms. The molecule has 4 aromatic rings.